The predicted octanol–water partition coefficient (Wildman–Crippen LogP) is 0.635. The van der Waals surface area contributed by atoms with E-state index in [0.29, 0.717) is 0 Å². The molecule has 18 heavy (non-hydrogen) atoms. The van der Waals surface area contributed by atoms with Crippen molar-refractivity contribution in [3.8, 4) is 5.75 Å². The van der Waals surface area contributed by atoms with Crippen molar-refractivity contribution in [1.82, 2.24) is 10.3 Å². The summed E-state index contributed by atoms with van der Waals surface area (Å²) in [4.78, 5) is 12.8. The third kappa shape index (κ3) is 3.60. The van der Waals surface area contributed by atoms with Gasteiger partial charge in [-0.1, -0.05) is 12.1 Å². The Labute approximate surface area is 105 Å². The van der Waals surface area contributed by atoms with Gasteiger partial charge in [0.05, 0.1) is 13.7 Å². The molecule has 7 nitrogen and oxygen atoms in total. The fourth-order valence-electron chi connectivity index (χ4n) is 1.17. The Balaban J connectivity index is 2.83. The monoisotopic (exact) mass is 274 g/mol. The Hall–Kier alpha value is -1.80. The molecule has 0 aromatic heterocycles. The second kappa shape index (κ2) is 6.22. The minimum absolute atomic E-state index is 0.0794. The van der Waals surface area contributed by atoms with Crippen LogP contribution in [0.4, 0.5) is 4.79 Å². The lowest BCUT2D eigenvalue weighted by Gasteiger charge is -2.10. The third-order valence-electron chi connectivity index (χ3n) is 1.92. The predicted molar refractivity (Wildman–Crippen MR) is 63.5 cm³/mol. The van der Waals surface area contributed by atoms with E-state index in [1.807, 2.05) is 10.3 Å². The van der Waals surface area contributed by atoms with E-state index in [4.69, 9.17) is 4.74 Å². The number of ether oxygens (including phenoxy) is 2. The van der Waals surface area contributed by atoms with Gasteiger partial charge in [0.25, 0.3) is 10.0 Å². The van der Waals surface area contributed by atoms with E-state index in [9.17, 15) is 13.2 Å². The summed E-state index contributed by atoms with van der Waals surface area (Å²) in [5, 5.41) is 0. The van der Waals surface area contributed by atoms with Crippen LogP contribution < -0.4 is 15.0 Å². The Morgan fingerprint density at radius 3 is 2.61 bits per heavy atom. The van der Waals surface area contributed by atoms with Crippen molar-refractivity contribution in [2.24, 2.45) is 0 Å². The van der Waals surface area contributed by atoms with Crippen LogP contribution in [0.25, 0.3) is 0 Å². The summed E-state index contributed by atoms with van der Waals surface area (Å²) < 4.78 is 33.2. The van der Waals surface area contributed by atoms with E-state index in [1.54, 1.807) is 19.1 Å². The van der Waals surface area contributed by atoms with Crippen molar-refractivity contribution < 1.29 is 22.7 Å². The molecule has 1 aromatic rings. The highest BCUT2D eigenvalue weighted by Gasteiger charge is 2.19. The molecule has 100 valence electrons. The summed E-state index contributed by atoms with van der Waals surface area (Å²) in [6.45, 7) is 1.75. The molecule has 1 rings (SSSR count). The first kappa shape index (κ1) is 14.3. The maximum Gasteiger partial charge on any atom is 0.422 e. The molecule has 2 N–H and O–H groups in total. The Kier molecular flexibility index (Phi) is 4.93. The number of hydrogen-bond acceptors (Lipinski definition) is 5. The number of amides is 1. The Morgan fingerprint density at radius 1 is 1.33 bits per heavy atom. The van der Waals surface area contributed by atoms with E-state index in [1.165, 1.54) is 19.2 Å². The van der Waals surface area contributed by atoms with Crippen LogP contribution in [0.15, 0.2) is 29.2 Å². The molecule has 0 aliphatic carbocycles. The molecule has 0 aliphatic rings. The largest absolute Gasteiger partial charge is 0.495 e. The smallest absolute Gasteiger partial charge is 0.422 e. The van der Waals surface area contributed by atoms with Crippen LogP contribution in [-0.2, 0) is 14.8 Å². The lowest BCUT2D eigenvalue weighted by atomic mass is 10.3. The van der Waals surface area contributed by atoms with Crippen molar-refractivity contribution in [2.75, 3.05) is 13.7 Å². The van der Waals surface area contributed by atoms with Crippen LogP contribution in [-0.4, -0.2) is 28.2 Å². The molecule has 0 saturated carbocycles. The molecule has 1 aromatic carbocycles. The molecular weight excluding hydrogens is 260 g/mol. The van der Waals surface area contributed by atoms with Gasteiger partial charge in [-0.15, -0.1) is 4.83 Å². The zero-order valence-electron chi connectivity index (χ0n) is 9.97. The average Bonchev–Trinajstić information content (AvgIpc) is 2.37. The van der Waals surface area contributed by atoms with Crippen molar-refractivity contribution >= 4 is 16.1 Å². The Bertz CT molecular complexity index is 515. The van der Waals surface area contributed by atoms with Gasteiger partial charge in [0.15, 0.2) is 0 Å². The number of carbonyl (C=O) groups is 1. The van der Waals surface area contributed by atoms with E-state index in [2.05, 4.69) is 4.74 Å². The van der Waals surface area contributed by atoms with Crippen molar-refractivity contribution in [3.63, 3.8) is 0 Å². The molecule has 0 aliphatic heterocycles. The van der Waals surface area contributed by atoms with Gasteiger partial charge >= 0.3 is 6.09 Å². The third-order valence-corrected chi connectivity index (χ3v) is 3.21. The second-order valence-electron chi connectivity index (χ2n) is 3.10. The summed E-state index contributed by atoms with van der Waals surface area (Å²) in [6.07, 6.45) is -0.879. The first-order valence-corrected chi connectivity index (χ1v) is 6.57. The van der Waals surface area contributed by atoms with E-state index < -0.39 is 16.1 Å². The summed E-state index contributed by atoms with van der Waals surface area (Å²) in [5.41, 5.74) is 1.92. The maximum absolute atomic E-state index is 11.9. The van der Waals surface area contributed by atoms with Crippen molar-refractivity contribution in [3.05, 3.63) is 24.3 Å². The van der Waals surface area contributed by atoms with Crippen LogP contribution in [0.1, 0.15) is 6.92 Å². The molecule has 0 fully saturated rings. The highest BCUT2D eigenvalue weighted by atomic mass is 32.2. The lowest BCUT2D eigenvalue weighted by Crippen LogP contribution is -2.41. The van der Waals surface area contributed by atoms with Gasteiger partial charge in [-0.3, -0.25) is 0 Å². The van der Waals surface area contributed by atoms with Gasteiger partial charge in [0.2, 0.25) is 0 Å². The summed E-state index contributed by atoms with van der Waals surface area (Å²) >= 11 is 0. The quantitative estimate of drug-likeness (QED) is 0.768. The minimum atomic E-state index is -3.90. The van der Waals surface area contributed by atoms with Gasteiger partial charge in [-0.2, -0.15) is 0 Å². The van der Waals surface area contributed by atoms with Crippen LogP contribution in [0.3, 0.4) is 0 Å². The summed E-state index contributed by atoms with van der Waals surface area (Å²) in [5.74, 6) is 0.177. The normalized spacial score (nSPS) is 10.8. The van der Waals surface area contributed by atoms with E-state index in [-0.39, 0.29) is 17.3 Å². The van der Waals surface area contributed by atoms with Crippen LogP contribution in [0.2, 0.25) is 0 Å². The molecule has 1 amide bonds. The van der Waals surface area contributed by atoms with Gasteiger partial charge < -0.3 is 9.47 Å². The van der Waals surface area contributed by atoms with E-state index >= 15 is 0 Å². The average molecular weight is 274 g/mol. The number of para-hydroxylation sites is 1. The number of hydrazine groups is 1. The van der Waals surface area contributed by atoms with Gasteiger partial charge in [0.1, 0.15) is 10.6 Å². The van der Waals surface area contributed by atoms with Gasteiger partial charge in [-0.05, 0) is 19.1 Å². The molecule has 0 spiro atoms. The van der Waals surface area contributed by atoms with Crippen LogP contribution in [0.5, 0.6) is 5.75 Å². The molecule has 0 bridgehead atoms. The van der Waals surface area contributed by atoms with Gasteiger partial charge in [-0.25, -0.2) is 18.6 Å². The lowest BCUT2D eigenvalue weighted by molar-refractivity contribution is 0.150. The number of nitrogens with one attached hydrogen (secondary N) is 2. The molecule has 0 atom stereocenters. The SMILES string of the molecule is CCOC(=O)NNS(=O)(=O)c1ccccc1OC. The maximum atomic E-state index is 11.9. The molecule has 0 unspecified atom stereocenters. The first-order chi connectivity index (χ1) is 8.51. The van der Waals surface area contributed by atoms with Crippen molar-refractivity contribution in [1.29, 1.82) is 0 Å². The molecule has 0 heterocycles. The first-order valence-electron chi connectivity index (χ1n) is 5.09. The Morgan fingerprint density at radius 2 is 2.00 bits per heavy atom. The zero-order chi connectivity index (χ0) is 13.6. The number of carbonyl (C=O) groups excluding carboxylic acids is 1. The fourth-order valence-corrected chi connectivity index (χ4v) is 2.17. The van der Waals surface area contributed by atoms with Gasteiger partial charge in [0, 0.05) is 0 Å². The number of sulfonamides is 1. The van der Waals surface area contributed by atoms with Crippen LogP contribution >= 0.6 is 0 Å². The highest BCUT2D eigenvalue weighted by Crippen LogP contribution is 2.21. The highest BCUT2D eigenvalue weighted by molar-refractivity contribution is 7.89. The minimum Gasteiger partial charge on any atom is -0.495 e. The standard InChI is InChI=1S/C10H14N2O5S/c1-3-17-10(13)11-12-18(14,15)9-7-5-4-6-8(9)16-2/h4-7,12H,3H2,1-2H3,(H,11,13). The number of rotatable bonds is 5. The summed E-state index contributed by atoms with van der Waals surface area (Å²) in [6, 6.07) is 6.03. The second-order valence-corrected chi connectivity index (χ2v) is 4.75. The number of benzene rings is 1. The molecular formula is C10H14N2O5S. The van der Waals surface area contributed by atoms with Crippen molar-refractivity contribution in [2.45, 2.75) is 11.8 Å². The van der Waals surface area contributed by atoms with Crippen LogP contribution in [0, 0.1) is 0 Å². The fraction of sp³-hybridized carbons (Fsp3) is 0.300. The topological polar surface area (TPSA) is 93.7 Å². The number of methoxy groups -OCH3 is 1. The molecule has 8 heteroatoms. The molecule has 0 saturated heterocycles. The summed E-state index contributed by atoms with van der Waals surface area (Å²) in [7, 11) is -2.55. The number of hydrogen-bond donors (Lipinski definition) is 2. The van der Waals surface area contributed by atoms with E-state index in [0.717, 1.165) is 0 Å². The zero-order valence-corrected chi connectivity index (χ0v) is 10.8. The molecule has 0 radical (unpaired) electrons.